The SMILES string of the molecule is CN=C(NCC(C)Sc1ccccc1)NCC(C)(C)C(=O)NC. The van der Waals surface area contributed by atoms with Crippen molar-refractivity contribution in [3.05, 3.63) is 30.3 Å². The molecule has 0 fully saturated rings. The minimum atomic E-state index is -0.489. The summed E-state index contributed by atoms with van der Waals surface area (Å²) in [6.45, 7) is 7.29. The van der Waals surface area contributed by atoms with Crippen molar-refractivity contribution in [1.82, 2.24) is 16.0 Å². The molecule has 1 amide bonds. The minimum Gasteiger partial charge on any atom is -0.359 e. The van der Waals surface area contributed by atoms with Crippen LogP contribution in [0.5, 0.6) is 0 Å². The lowest BCUT2D eigenvalue weighted by atomic mass is 9.92. The van der Waals surface area contributed by atoms with Crippen molar-refractivity contribution in [2.75, 3.05) is 27.2 Å². The third-order valence-corrected chi connectivity index (χ3v) is 4.51. The van der Waals surface area contributed by atoms with Crippen LogP contribution in [0.3, 0.4) is 0 Å². The number of carbonyl (C=O) groups is 1. The number of rotatable bonds is 7. The number of hydrogen-bond acceptors (Lipinski definition) is 3. The Hall–Kier alpha value is -1.69. The van der Waals surface area contributed by atoms with Crippen LogP contribution in [0, 0.1) is 5.41 Å². The van der Waals surface area contributed by atoms with E-state index in [1.54, 1.807) is 14.1 Å². The van der Waals surface area contributed by atoms with Crippen molar-refractivity contribution < 1.29 is 4.79 Å². The largest absolute Gasteiger partial charge is 0.359 e. The van der Waals surface area contributed by atoms with Crippen LogP contribution in [-0.4, -0.2) is 44.3 Å². The van der Waals surface area contributed by atoms with Gasteiger partial charge in [0.1, 0.15) is 0 Å². The maximum Gasteiger partial charge on any atom is 0.227 e. The second-order valence-corrected chi connectivity index (χ2v) is 7.52. The molecule has 6 heteroatoms. The van der Waals surface area contributed by atoms with E-state index in [0.29, 0.717) is 17.8 Å². The summed E-state index contributed by atoms with van der Waals surface area (Å²) < 4.78 is 0. The number of amides is 1. The molecule has 1 aromatic carbocycles. The molecule has 1 rings (SSSR count). The fourth-order valence-corrected chi connectivity index (χ4v) is 2.90. The van der Waals surface area contributed by atoms with Gasteiger partial charge in [-0.25, -0.2) is 0 Å². The van der Waals surface area contributed by atoms with Crippen molar-refractivity contribution in [2.45, 2.75) is 30.9 Å². The topological polar surface area (TPSA) is 65.5 Å². The normalized spacial score (nSPS) is 13.3. The zero-order chi connectivity index (χ0) is 17.3. The summed E-state index contributed by atoms with van der Waals surface area (Å²) in [4.78, 5) is 17.3. The summed E-state index contributed by atoms with van der Waals surface area (Å²) in [6, 6.07) is 10.3. The second-order valence-electron chi connectivity index (χ2n) is 6.01. The number of benzene rings is 1. The molecule has 0 saturated carbocycles. The van der Waals surface area contributed by atoms with Crippen molar-refractivity contribution >= 4 is 23.6 Å². The molecule has 1 atom stereocenters. The first-order chi connectivity index (χ1) is 10.9. The predicted octanol–water partition coefficient (Wildman–Crippen LogP) is 2.10. The van der Waals surface area contributed by atoms with Gasteiger partial charge >= 0.3 is 0 Å². The maximum atomic E-state index is 11.8. The van der Waals surface area contributed by atoms with Gasteiger partial charge in [-0.2, -0.15) is 0 Å². The van der Waals surface area contributed by atoms with E-state index < -0.39 is 5.41 Å². The van der Waals surface area contributed by atoms with E-state index in [-0.39, 0.29) is 5.91 Å². The summed E-state index contributed by atoms with van der Waals surface area (Å²) in [5, 5.41) is 9.61. The van der Waals surface area contributed by atoms with Crippen molar-refractivity contribution in [2.24, 2.45) is 10.4 Å². The van der Waals surface area contributed by atoms with E-state index in [0.717, 1.165) is 6.54 Å². The van der Waals surface area contributed by atoms with E-state index >= 15 is 0 Å². The number of guanidine groups is 1. The Morgan fingerprint density at radius 2 is 1.91 bits per heavy atom. The third kappa shape index (κ3) is 6.95. The van der Waals surface area contributed by atoms with Crippen LogP contribution in [0.25, 0.3) is 0 Å². The van der Waals surface area contributed by atoms with Crippen molar-refractivity contribution in [3.63, 3.8) is 0 Å². The predicted molar refractivity (Wildman–Crippen MR) is 99.0 cm³/mol. The number of nitrogens with zero attached hydrogens (tertiary/aromatic N) is 1. The van der Waals surface area contributed by atoms with Crippen LogP contribution >= 0.6 is 11.8 Å². The summed E-state index contributed by atoms with van der Waals surface area (Å²) in [7, 11) is 3.39. The highest BCUT2D eigenvalue weighted by Crippen LogP contribution is 2.21. The molecule has 0 heterocycles. The first kappa shape index (κ1) is 19.4. The van der Waals surface area contributed by atoms with Crippen LogP contribution < -0.4 is 16.0 Å². The lowest BCUT2D eigenvalue weighted by Crippen LogP contribution is -2.48. The summed E-state index contributed by atoms with van der Waals surface area (Å²) in [6.07, 6.45) is 0. The average Bonchev–Trinajstić information content (AvgIpc) is 2.55. The summed E-state index contributed by atoms with van der Waals surface area (Å²) >= 11 is 1.82. The van der Waals surface area contributed by atoms with Crippen LogP contribution in [0.15, 0.2) is 40.2 Å². The molecule has 128 valence electrons. The monoisotopic (exact) mass is 336 g/mol. The van der Waals surface area contributed by atoms with Gasteiger partial charge in [0.15, 0.2) is 5.96 Å². The smallest absolute Gasteiger partial charge is 0.227 e. The van der Waals surface area contributed by atoms with Gasteiger partial charge in [-0.15, -0.1) is 11.8 Å². The van der Waals surface area contributed by atoms with Gasteiger partial charge in [-0.1, -0.05) is 25.1 Å². The van der Waals surface area contributed by atoms with E-state index in [1.165, 1.54) is 4.90 Å². The van der Waals surface area contributed by atoms with Crippen LogP contribution in [0.2, 0.25) is 0 Å². The number of thioether (sulfide) groups is 1. The molecule has 0 radical (unpaired) electrons. The van der Waals surface area contributed by atoms with Gasteiger partial charge in [-0.05, 0) is 26.0 Å². The third-order valence-electron chi connectivity index (χ3n) is 3.40. The van der Waals surface area contributed by atoms with E-state index in [2.05, 4.69) is 40.0 Å². The Morgan fingerprint density at radius 3 is 2.48 bits per heavy atom. The number of hydrogen-bond donors (Lipinski definition) is 3. The van der Waals surface area contributed by atoms with E-state index in [1.807, 2.05) is 43.8 Å². The number of carbonyl (C=O) groups excluding carboxylic acids is 1. The molecule has 23 heavy (non-hydrogen) atoms. The molecular weight excluding hydrogens is 308 g/mol. The molecule has 1 unspecified atom stereocenters. The Bertz CT molecular complexity index is 517. The first-order valence-electron chi connectivity index (χ1n) is 7.77. The molecular formula is C17H28N4OS. The van der Waals surface area contributed by atoms with Gasteiger partial charge < -0.3 is 16.0 Å². The van der Waals surface area contributed by atoms with E-state index in [9.17, 15) is 4.79 Å². The lowest BCUT2D eigenvalue weighted by molar-refractivity contribution is -0.128. The molecule has 0 aliphatic rings. The summed E-state index contributed by atoms with van der Waals surface area (Å²) in [5.74, 6) is 0.718. The Kier molecular flexibility index (Phi) is 7.95. The fraction of sp³-hybridized carbons (Fsp3) is 0.529. The first-order valence-corrected chi connectivity index (χ1v) is 8.65. The Morgan fingerprint density at radius 1 is 1.26 bits per heavy atom. The summed E-state index contributed by atoms with van der Waals surface area (Å²) in [5.41, 5.74) is -0.489. The second kappa shape index (κ2) is 9.45. The van der Waals surface area contributed by atoms with Crippen molar-refractivity contribution in [1.29, 1.82) is 0 Å². The standard InChI is InChI=1S/C17H28N4OS/c1-13(23-14-9-7-6-8-10-14)11-20-16(19-5)21-12-17(2,3)15(22)18-4/h6-10,13H,11-12H2,1-5H3,(H,18,22)(H2,19,20,21). The van der Waals surface area contributed by atoms with E-state index in [4.69, 9.17) is 0 Å². The van der Waals surface area contributed by atoms with Crippen molar-refractivity contribution in [3.8, 4) is 0 Å². The molecule has 0 aromatic heterocycles. The van der Waals surface area contributed by atoms with Gasteiger partial charge in [0.2, 0.25) is 5.91 Å². The molecule has 0 bridgehead atoms. The molecule has 0 saturated heterocycles. The average molecular weight is 337 g/mol. The lowest BCUT2D eigenvalue weighted by Gasteiger charge is -2.24. The number of nitrogens with one attached hydrogen (secondary N) is 3. The molecule has 0 spiro atoms. The molecule has 5 nitrogen and oxygen atoms in total. The number of aliphatic imine (C=N–C) groups is 1. The zero-order valence-electron chi connectivity index (χ0n) is 14.6. The zero-order valence-corrected chi connectivity index (χ0v) is 15.5. The maximum absolute atomic E-state index is 11.8. The fourth-order valence-electron chi connectivity index (χ4n) is 1.96. The van der Waals surface area contributed by atoms with Gasteiger partial charge in [0, 0.05) is 37.3 Å². The van der Waals surface area contributed by atoms with Gasteiger partial charge in [0.25, 0.3) is 0 Å². The van der Waals surface area contributed by atoms with Crippen LogP contribution in [0.4, 0.5) is 0 Å². The molecule has 0 aliphatic carbocycles. The van der Waals surface area contributed by atoms with Gasteiger partial charge in [-0.3, -0.25) is 9.79 Å². The quantitative estimate of drug-likeness (QED) is 0.405. The highest BCUT2D eigenvalue weighted by atomic mass is 32.2. The van der Waals surface area contributed by atoms with Gasteiger partial charge in [0.05, 0.1) is 5.41 Å². The minimum absolute atomic E-state index is 0.00783. The molecule has 3 N–H and O–H groups in total. The Labute approximate surface area is 143 Å². The van der Waals surface area contributed by atoms with Crippen LogP contribution in [-0.2, 0) is 4.79 Å². The Balaban J connectivity index is 2.41. The molecule has 1 aromatic rings. The highest BCUT2D eigenvalue weighted by Gasteiger charge is 2.26. The van der Waals surface area contributed by atoms with Crippen LogP contribution in [0.1, 0.15) is 20.8 Å². The highest BCUT2D eigenvalue weighted by molar-refractivity contribution is 8.00. The molecule has 0 aliphatic heterocycles.